The zero-order valence-electron chi connectivity index (χ0n) is 54.2. The highest BCUT2D eigenvalue weighted by Gasteiger charge is 2.41. The molecule has 0 unspecified atom stereocenters. The summed E-state index contributed by atoms with van der Waals surface area (Å²) in [6.07, 6.45) is 0. The Morgan fingerprint density at radius 3 is 1.34 bits per heavy atom. The molecule has 0 bridgehead atoms. The summed E-state index contributed by atoms with van der Waals surface area (Å²) in [6.45, 7) is 0. The Morgan fingerprint density at radius 1 is 0.316 bits per heavy atom. The summed E-state index contributed by atoms with van der Waals surface area (Å²) in [4.78, 5) is 15.0. The number of para-hydroxylation sites is 5. The van der Waals surface area contributed by atoms with E-state index in [0.717, 1.165) is 60.1 Å². The van der Waals surface area contributed by atoms with Crippen molar-refractivity contribution < 1.29 is 19.2 Å². The first-order valence-electron chi connectivity index (χ1n) is 31.7. The van der Waals surface area contributed by atoms with E-state index in [1.54, 1.807) is 65.2 Å². The van der Waals surface area contributed by atoms with Crippen LogP contribution in [-0.4, -0.2) is 36.7 Å². The molecule has 0 atom stereocenters. The van der Waals surface area contributed by atoms with Gasteiger partial charge in [0.2, 0.25) is 5.95 Å². The van der Waals surface area contributed by atoms with Crippen molar-refractivity contribution in [2.45, 2.75) is 0 Å². The first kappa shape index (κ1) is 31.6. The molecule has 0 fully saturated rings. The van der Waals surface area contributed by atoms with Gasteiger partial charge in [-0.2, -0.15) is 9.97 Å². The first-order valence-corrected chi connectivity index (χ1v) is 26.7. The number of aromatic nitrogens is 6. The molecule has 0 aliphatic heterocycles. The summed E-state index contributed by atoms with van der Waals surface area (Å²) in [5.41, 5.74) is 5.65. The zero-order valence-corrected chi connectivity index (χ0v) is 41.2. The number of fused-ring (bicyclic) bond motifs is 9. The van der Waals surface area contributed by atoms with Crippen LogP contribution in [0.5, 0.6) is 0 Å². The number of nitrogens with zero attached hydrogens (tertiary/aromatic N) is 6. The van der Waals surface area contributed by atoms with Gasteiger partial charge < -0.3 is 9.13 Å². The van der Waals surface area contributed by atoms with Crippen LogP contribution >= 0.6 is 0 Å². The molecule has 0 saturated carbocycles. The van der Waals surface area contributed by atoms with Crippen LogP contribution in [-0.2, 0) is 0 Å². The van der Waals surface area contributed by atoms with Gasteiger partial charge in [-0.3, -0.25) is 4.57 Å². The van der Waals surface area contributed by atoms with Crippen LogP contribution in [0.15, 0.2) is 279 Å². The molecule has 76 heavy (non-hydrogen) atoms. The number of benzene rings is 11. The Bertz CT molecular complexity index is 5400. The van der Waals surface area contributed by atoms with Crippen LogP contribution in [0.1, 0.15) is 19.2 Å². The van der Waals surface area contributed by atoms with Gasteiger partial charge >= 0.3 is 0 Å². The fraction of sp³-hybridized carbons (Fsp3) is 0. The molecule has 15 aromatic rings. The van der Waals surface area contributed by atoms with Gasteiger partial charge in [0, 0.05) is 49.1 Å². The average molecular weight is 1000 g/mol. The fourth-order valence-corrected chi connectivity index (χ4v) is 15.4. The third kappa shape index (κ3) is 6.69. The number of hydrogen-bond acceptors (Lipinski definition) is 3. The lowest BCUT2D eigenvalue weighted by Gasteiger charge is -2.34. The van der Waals surface area contributed by atoms with E-state index in [-0.39, 0.29) is 16.3 Å². The summed E-state index contributed by atoms with van der Waals surface area (Å²) >= 11 is 0. The second-order valence-electron chi connectivity index (χ2n) is 18.5. The molecule has 6 nitrogen and oxygen atoms in total. The van der Waals surface area contributed by atoms with Gasteiger partial charge in [-0.15, -0.1) is 0 Å². The van der Waals surface area contributed by atoms with Crippen LogP contribution in [0.3, 0.4) is 0 Å². The molecule has 0 N–H and O–H groups in total. The maximum Gasteiger partial charge on any atom is 0.238 e. The monoisotopic (exact) mass is 1000 g/mol. The predicted molar refractivity (Wildman–Crippen MR) is 317 cm³/mol. The second kappa shape index (κ2) is 17.6. The molecule has 0 aliphatic carbocycles. The van der Waals surface area contributed by atoms with Crippen molar-refractivity contribution in [1.29, 1.82) is 0 Å². The summed E-state index contributed by atoms with van der Waals surface area (Å²) in [5, 5.41) is 6.08. The minimum absolute atomic E-state index is 0.162. The molecule has 0 aliphatic rings. The molecule has 11 aromatic carbocycles. The molecule has 0 spiro atoms. The first-order chi connectivity index (χ1) is 43.5. The van der Waals surface area contributed by atoms with Crippen LogP contribution < -0.4 is 20.7 Å². The van der Waals surface area contributed by atoms with Crippen molar-refractivity contribution in [2.75, 3.05) is 0 Å². The largest absolute Gasteiger partial charge is 0.309 e. The van der Waals surface area contributed by atoms with Crippen molar-refractivity contribution in [2.24, 2.45) is 0 Å². The molecular formula is C69H46N6Si. The van der Waals surface area contributed by atoms with E-state index < -0.39 is 115 Å². The maximum atomic E-state index is 10.3. The predicted octanol–water partition coefficient (Wildman–Crippen LogP) is 13.9. The number of rotatable bonds is 9. The van der Waals surface area contributed by atoms with E-state index in [1.807, 2.05) is 78.9 Å². The average Bonchev–Trinajstić information content (AvgIpc) is 1.20. The van der Waals surface area contributed by atoms with Gasteiger partial charge in [0.05, 0.1) is 58.0 Å². The molecule has 4 aromatic heterocycles. The summed E-state index contributed by atoms with van der Waals surface area (Å²) in [7, 11) is -4.56. The molecular weight excluding hydrogens is 941 g/mol. The number of hydrogen-bond donors (Lipinski definition) is 0. The molecule has 0 radical (unpaired) electrons. The molecule has 356 valence electrons. The van der Waals surface area contributed by atoms with Crippen LogP contribution in [0.25, 0.3) is 106 Å². The SMILES string of the molecule is [2H]c1c([2H])c([2H])c(-c2nc(-c3c([2H])c([2H])c([Si](c4ccccc4)(c4ccccc4)c4c([2H])c([2H])c([2H])c([2H])c4[2H])c([2H])c3[2H])nc(-n3c4ccccc4c4cccc(-n5c6ccccc6c6ccc(-n7c8ccccc8c8ccccc87)cc65)c43)n2)c([2H])c1[2H]. The van der Waals surface area contributed by atoms with E-state index >= 15 is 0 Å². The second-order valence-corrected chi connectivity index (χ2v) is 22.1. The fourth-order valence-electron chi connectivity index (χ4n) is 11.3. The van der Waals surface area contributed by atoms with E-state index in [1.165, 1.54) is 0 Å². The van der Waals surface area contributed by atoms with Crippen molar-refractivity contribution >= 4 is 94.2 Å². The van der Waals surface area contributed by atoms with Gasteiger partial charge in [0.25, 0.3) is 0 Å². The highest BCUT2D eigenvalue weighted by atomic mass is 28.3. The molecule has 7 heteroatoms. The van der Waals surface area contributed by atoms with Crippen molar-refractivity contribution in [1.82, 2.24) is 28.7 Å². The Morgan fingerprint density at radius 2 is 0.763 bits per heavy atom. The summed E-state index contributed by atoms with van der Waals surface area (Å²) in [6, 6.07) is 52.8. The lowest BCUT2D eigenvalue weighted by atomic mass is 10.1. The standard InChI is InChI=1S/C69H46N6Si/c1-5-22-47(23-6-1)67-70-68(48-40-43-53(44-41-48)76(50-24-7-2-8-25-50,51-26-9-3-10-27-51)52-28-11-4-12-29-52)72-69(71-67)75-63-38-20-16-33-57(63)59-34-21-39-64(66(59)75)74-62-37-19-15-32-56(62)58-45-42-49(46-65(58)74)73-60-35-17-13-30-54(60)55-31-14-18-36-61(55)73/h1-46H/i1D,2D,5D,6D,7D,8D,22D,23D,24D,25D,40D,41D,43D,44D. The zero-order chi connectivity index (χ0) is 62.3. The van der Waals surface area contributed by atoms with E-state index in [9.17, 15) is 11.0 Å². The van der Waals surface area contributed by atoms with E-state index in [0.29, 0.717) is 27.1 Å². The van der Waals surface area contributed by atoms with Crippen LogP contribution in [0.2, 0.25) is 0 Å². The normalized spacial score (nSPS) is 14.5. The minimum atomic E-state index is -4.56. The van der Waals surface area contributed by atoms with Crippen LogP contribution in [0, 0.1) is 0 Å². The Hall–Kier alpha value is -9.95. The quantitative estimate of drug-likeness (QED) is 0.107. The van der Waals surface area contributed by atoms with Gasteiger partial charge in [-0.1, -0.05) is 236 Å². The van der Waals surface area contributed by atoms with E-state index in [4.69, 9.17) is 23.2 Å². The molecule has 0 amide bonds. The van der Waals surface area contributed by atoms with Crippen molar-refractivity contribution in [3.63, 3.8) is 0 Å². The lowest BCUT2D eigenvalue weighted by Crippen LogP contribution is -2.74. The smallest absolute Gasteiger partial charge is 0.238 e. The summed E-state index contributed by atoms with van der Waals surface area (Å²) < 4.78 is 137. The molecule has 4 heterocycles. The van der Waals surface area contributed by atoms with Crippen molar-refractivity contribution in [3.8, 4) is 40.1 Å². The highest BCUT2D eigenvalue weighted by molar-refractivity contribution is 7.19. The van der Waals surface area contributed by atoms with Gasteiger partial charge in [0.15, 0.2) is 19.7 Å². The summed E-state index contributed by atoms with van der Waals surface area (Å²) in [5.74, 6) is -1.04. The Balaban J connectivity index is 1.05. The van der Waals surface area contributed by atoms with E-state index in [2.05, 4.69) is 63.7 Å². The third-order valence-electron chi connectivity index (χ3n) is 14.5. The van der Waals surface area contributed by atoms with Gasteiger partial charge in [-0.05, 0) is 63.2 Å². The Kier molecular flexibility index (Phi) is 7.33. The lowest BCUT2D eigenvalue weighted by molar-refractivity contribution is 0.950. The topological polar surface area (TPSA) is 53.5 Å². The Labute approximate surface area is 459 Å². The van der Waals surface area contributed by atoms with Gasteiger partial charge in [-0.25, -0.2) is 4.98 Å². The molecule has 15 rings (SSSR count). The minimum Gasteiger partial charge on any atom is -0.309 e. The molecule has 0 saturated heterocycles. The highest BCUT2D eigenvalue weighted by Crippen LogP contribution is 2.41. The third-order valence-corrected chi connectivity index (χ3v) is 18.9. The van der Waals surface area contributed by atoms with Gasteiger partial charge in [0.1, 0.15) is 0 Å². The van der Waals surface area contributed by atoms with Crippen molar-refractivity contribution in [3.05, 3.63) is 279 Å². The van der Waals surface area contributed by atoms with Crippen LogP contribution in [0.4, 0.5) is 0 Å². The maximum absolute atomic E-state index is 10.3.